The zero-order chi connectivity index (χ0) is 12.1. The number of aliphatic hydroxyl groups is 1. The molecule has 5 N–H and O–H groups in total. The van der Waals surface area contributed by atoms with E-state index in [1.54, 1.807) is 0 Å². The van der Waals surface area contributed by atoms with Crippen LogP contribution in [0.1, 0.15) is 6.42 Å². The predicted octanol–water partition coefficient (Wildman–Crippen LogP) is 2.06. The summed E-state index contributed by atoms with van der Waals surface area (Å²) in [5.41, 5.74) is 9.76. The van der Waals surface area contributed by atoms with E-state index in [4.69, 9.17) is 10.8 Å². The Morgan fingerprint density at radius 2 is 2.18 bits per heavy atom. The van der Waals surface area contributed by atoms with Crippen LogP contribution in [0.25, 0.3) is 11.1 Å². The minimum Gasteiger partial charge on any atom is -0.399 e. The fourth-order valence-electron chi connectivity index (χ4n) is 1.75. The molecule has 1 aromatic carbocycles. The number of H-pyrrole nitrogens is 1. The van der Waals surface area contributed by atoms with Crippen molar-refractivity contribution >= 4 is 11.4 Å². The van der Waals surface area contributed by atoms with Crippen LogP contribution in [0, 0.1) is 0 Å². The predicted molar refractivity (Wildman–Crippen MR) is 70.8 cm³/mol. The molecule has 1 aromatic heterocycles. The maximum absolute atomic E-state index is 8.78. The highest BCUT2D eigenvalue weighted by Gasteiger charge is 2.05. The lowest BCUT2D eigenvalue weighted by molar-refractivity contribution is 0.292. The van der Waals surface area contributed by atoms with Crippen LogP contribution in [0.4, 0.5) is 11.4 Å². The number of aromatic nitrogens is 1. The lowest BCUT2D eigenvalue weighted by Gasteiger charge is -2.11. The van der Waals surface area contributed by atoms with Gasteiger partial charge in [0.25, 0.3) is 0 Å². The standard InChI is InChI=1S/C13H17N3O/c14-11-2-3-13(16-5-1-7-17)12(8-11)10-4-6-15-9-10/h2-4,6,8-9,15-17H,1,5,7,14H2. The molecule has 0 aliphatic rings. The van der Waals surface area contributed by atoms with E-state index in [1.165, 1.54) is 0 Å². The normalized spacial score (nSPS) is 10.4. The number of hydrogen-bond donors (Lipinski definition) is 4. The van der Waals surface area contributed by atoms with E-state index in [0.717, 1.165) is 35.5 Å². The summed E-state index contributed by atoms with van der Waals surface area (Å²) in [6, 6.07) is 7.79. The number of aliphatic hydroxyl groups excluding tert-OH is 1. The highest BCUT2D eigenvalue weighted by atomic mass is 16.3. The van der Waals surface area contributed by atoms with Crippen LogP contribution in [-0.2, 0) is 0 Å². The molecular weight excluding hydrogens is 214 g/mol. The minimum atomic E-state index is 0.196. The number of nitrogen functional groups attached to an aromatic ring is 1. The number of anilines is 2. The summed E-state index contributed by atoms with van der Waals surface area (Å²) in [6.45, 7) is 0.944. The first-order valence-corrected chi connectivity index (χ1v) is 5.68. The molecule has 0 saturated carbocycles. The molecule has 0 amide bonds. The second-order valence-corrected chi connectivity index (χ2v) is 3.91. The first kappa shape index (κ1) is 11.5. The summed E-state index contributed by atoms with van der Waals surface area (Å²) in [5, 5.41) is 12.1. The molecule has 0 bridgehead atoms. The average molecular weight is 231 g/mol. The van der Waals surface area contributed by atoms with Gasteiger partial charge in [-0.3, -0.25) is 0 Å². The van der Waals surface area contributed by atoms with E-state index in [1.807, 2.05) is 36.7 Å². The lowest BCUT2D eigenvalue weighted by atomic mass is 10.1. The van der Waals surface area contributed by atoms with E-state index in [-0.39, 0.29) is 6.61 Å². The summed E-state index contributed by atoms with van der Waals surface area (Å²) < 4.78 is 0. The zero-order valence-corrected chi connectivity index (χ0v) is 9.61. The molecule has 0 saturated heterocycles. The summed E-state index contributed by atoms with van der Waals surface area (Å²) in [6.07, 6.45) is 4.55. The van der Waals surface area contributed by atoms with Gasteiger partial charge in [0.2, 0.25) is 0 Å². The van der Waals surface area contributed by atoms with Crippen molar-refractivity contribution in [2.75, 3.05) is 24.2 Å². The number of aromatic amines is 1. The highest BCUT2D eigenvalue weighted by molar-refractivity contribution is 5.80. The van der Waals surface area contributed by atoms with Crippen molar-refractivity contribution in [3.63, 3.8) is 0 Å². The van der Waals surface area contributed by atoms with Crippen molar-refractivity contribution in [3.8, 4) is 11.1 Å². The molecule has 0 radical (unpaired) electrons. The summed E-state index contributed by atoms with van der Waals surface area (Å²) in [7, 11) is 0. The van der Waals surface area contributed by atoms with Crippen LogP contribution in [0.15, 0.2) is 36.7 Å². The molecular formula is C13H17N3O. The molecule has 1 heterocycles. The van der Waals surface area contributed by atoms with Gasteiger partial charge in [-0.25, -0.2) is 0 Å². The second-order valence-electron chi connectivity index (χ2n) is 3.91. The smallest absolute Gasteiger partial charge is 0.0447 e. The Bertz CT molecular complexity index is 466. The third-order valence-electron chi connectivity index (χ3n) is 2.60. The fourth-order valence-corrected chi connectivity index (χ4v) is 1.75. The quantitative estimate of drug-likeness (QED) is 0.470. The Balaban J connectivity index is 2.25. The molecule has 2 aromatic rings. The third-order valence-corrected chi connectivity index (χ3v) is 2.60. The van der Waals surface area contributed by atoms with Crippen molar-refractivity contribution in [1.29, 1.82) is 0 Å². The molecule has 4 nitrogen and oxygen atoms in total. The van der Waals surface area contributed by atoms with Gasteiger partial charge in [-0.2, -0.15) is 0 Å². The van der Waals surface area contributed by atoms with Gasteiger partial charge < -0.3 is 21.1 Å². The van der Waals surface area contributed by atoms with Gasteiger partial charge in [-0.15, -0.1) is 0 Å². The number of benzene rings is 1. The molecule has 2 rings (SSSR count). The van der Waals surface area contributed by atoms with Gasteiger partial charge >= 0.3 is 0 Å². The van der Waals surface area contributed by atoms with Gasteiger partial charge in [0.15, 0.2) is 0 Å². The van der Waals surface area contributed by atoms with E-state index in [2.05, 4.69) is 10.3 Å². The van der Waals surface area contributed by atoms with Crippen molar-refractivity contribution < 1.29 is 5.11 Å². The molecule has 0 unspecified atom stereocenters. The van der Waals surface area contributed by atoms with Crippen LogP contribution >= 0.6 is 0 Å². The molecule has 0 fully saturated rings. The number of rotatable bonds is 5. The highest BCUT2D eigenvalue weighted by Crippen LogP contribution is 2.29. The zero-order valence-electron chi connectivity index (χ0n) is 9.61. The van der Waals surface area contributed by atoms with E-state index >= 15 is 0 Å². The van der Waals surface area contributed by atoms with Crippen LogP contribution in [0.5, 0.6) is 0 Å². The average Bonchev–Trinajstić information content (AvgIpc) is 2.85. The second kappa shape index (κ2) is 5.41. The molecule has 0 atom stereocenters. The SMILES string of the molecule is Nc1ccc(NCCCO)c(-c2cc[nH]c2)c1. The van der Waals surface area contributed by atoms with E-state index in [0.29, 0.717) is 0 Å². The Kier molecular flexibility index (Phi) is 3.67. The number of nitrogens with two attached hydrogens (primary N) is 1. The van der Waals surface area contributed by atoms with E-state index in [9.17, 15) is 0 Å². The first-order valence-electron chi connectivity index (χ1n) is 5.68. The van der Waals surface area contributed by atoms with Gasteiger partial charge in [-0.05, 0) is 30.7 Å². The van der Waals surface area contributed by atoms with Gasteiger partial charge in [-0.1, -0.05) is 0 Å². The van der Waals surface area contributed by atoms with Gasteiger partial charge in [0.1, 0.15) is 0 Å². The Morgan fingerprint density at radius 1 is 1.29 bits per heavy atom. The Labute approximate surface area is 100 Å². The van der Waals surface area contributed by atoms with Crippen LogP contribution < -0.4 is 11.1 Å². The van der Waals surface area contributed by atoms with Crippen LogP contribution in [0.3, 0.4) is 0 Å². The summed E-state index contributed by atoms with van der Waals surface area (Å²) >= 11 is 0. The van der Waals surface area contributed by atoms with E-state index < -0.39 is 0 Å². The topological polar surface area (TPSA) is 74.1 Å². The van der Waals surface area contributed by atoms with Crippen molar-refractivity contribution in [1.82, 2.24) is 4.98 Å². The lowest BCUT2D eigenvalue weighted by Crippen LogP contribution is -2.04. The minimum absolute atomic E-state index is 0.196. The van der Waals surface area contributed by atoms with Crippen molar-refractivity contribution in [2.24, 2.45) is 0 Å². The summed E-state index contributed by atoms with van der Waals surface area (Å²) in [5.74, 6) is 0. The van der Waals surface area contributed by atoms with Gasteiger partial charge in [0, 0.05) is 48.0 Å². The maximum Gasteiger partial charge on any atom is 0.0447 e. The molecule has 0 aliphatic carbocycles. The monoisotopic (exact) mass is 231 g/mol. The number of hydrogen-bond acceptors (Lipinski definition) is 3. The van der Waals surface area contributed by atoms with Crippen LogP contribution in [-0.4, -0.2) is 23.2 Å². The Hall–Kier alpha value is -1.94. The van der Waals surface area contributed by atoms with Gasteiger partial charge in [0.05, 0.1) is 0 Å². The first-order chi connectivity index (χ1) is 8.31. The Morgan fingerprint density at radius 3 is 2.88 bits per heavy atom. The third kappa shape index (κ3) is 2.79. The summed E-state index contributed by atoms with van der Waals surface area (Å²) in [4.78, 5) is 3.03. The number of nitrogens with one attached hydrogen (secondary N) is 2. The molecule has 4 heteroatoms. The molecule has 17 heavy (non-hydrogen) atoms. The maximum atomic E-state index is 8.78. The molecule has 0 aliphatic heterocycles. The van der Waals surface area contributed by atoms with Crippen LogP contribution in [0.2, 0.25) is 0 Å². The molecule has 90 valence electrons. The largest absolute Gasteiger partial charge is 0.399 e. The van der Waals surface area contributed by atoms with Crippen molar-refractivity contribution in [2.45, 2.75) is 6.42 Å². The fraction of sp³-hybridized carbons (Fsp3) is 0.231. The molecule has 0 spiro atoms. The van der Waals surface area contributed by atoms with Crippen molar-refractivity contribution in [3.05, 3.63) is 36.7 Å².